The highest BCUT2D eigenvalue weighted by Crippen LogP contribution is 2.59. The molecule has 0 aromatic heterocycles. The van der Waals surface area contributed by atoms with Gasteiger partial charge < -0.3 is 4.90 Å². The third-order valence-electron chi connectivity index (χ3n) is 11.7. The molecule has 0 N–H and O–H groups in total. The minimum atomic E-state index is -0.902. The van der Waals surface area contributed by atoms with Crippen LogP contribution in [0.15, 0.2) is 210 Å². The summed E-state index contributed by atoms with van der Waals surface area (Å²) in [6.45, 7) is 0. The molecular formula is C55H51NS2. The summed E-state index contributed by atoms with van der Waals surface area (Å²) < 4.78 is 0. The quantitative estimate of drug-likeness (QED) is 0.141. The van der Waals surface area contributed by atoms with Crippen LogP contribution in [0.1, 0.15) is 22.3 Å². The van der Waals surface area contributed by atoms with Gasteiger partial charge in [0.2, 0.25) is 0 Å². The Morgan fingerprint density at radius 2 is 0.793 bits per heavy atom. The van der Waals surface area contributed by atoms with Gasteiger partial charge in [-0.05, 0) is 152 Å². The van der Waals surface area contributed by atoms with Crippen LogP contribution in [0.2, 0.25) is 0 Å². The van der Waals surface area contributed by atoms with Gasteiger partial charge >= 0.3 is 0 Å². The fraction of sp³-hybridized carbons (Fsp3) is 0.127. The van der Waals surface area contributed by atoms with Crippen molar-refractivity contribution in [2.75, 3.05) is 42.4 Å². The lowest BCUT2D eigenvalue weighted by Crippen LogP contribution is -2.29. The van der Waals surface area contributed by atoms with E-state index in [0.717, 1.165) is 17.1 Å². The first-order valence-corrected chi connectivity index (χ1v) is 25.7. The topological polar surface area (TPSA) is 3.24 Å². The van der Waals surface area contributed by atoms with Gasteiger partial charge in [0.15, 0.2) is 0 Å². The molecule has 0 saturated carbocycles. The maximum absolute atomic E-state index is 2.49. The van der Waals surface area contributed by atoms with Crippen LogP contribution in [-0.2, 0) is 5.41 Å². The molecule has 3 heteroatoms. The Kier molecular flexibility index (Phi) is 9.71. The number of hydrogen-bond acceptors (Lipinski definition) is 1. The number of nitrogens with zero attached hydrogens (tertiary/aromatic N) is 1. The Bertz CT molecular complexity index is 2650. The minimum Gasteiger partial charge on any atom is -0.310 e. The fourth-order valence-electron chi connectivity index (χ4n) is 8.81. The molecule has 9 rings (SSSR count). The van der Waals surface area contributed by atoms with Crippen molar-refractivity contribution < 1.29 is 0 Å². The Balaban J connectivity index is 1.31. The van der Waals surface area contributed by atoms with Gasteiger partial charge in [-0.15, -0.1) is 0 Å². The summed E-state index contributed by atoms with van der Waals surface area (Å²) in [6, 6.07) is 74.9. The maximum Gasteiger partial charge on any atom is 0.0714 e. The van der Waals surface area contributed by atoms with Crippen LogP contribution in [-0.4, -0.2) is 37.5 Å². The van der Waals surface area contributed by atoms with Crippen molar-refractivity contribution in [3.63, 3.8) is 0 Å². The fourth-order valence-corrected chi connectivity index (χ4v) is 10.7. The van der Waals surface area contributed by atoms with Crippen molar-refractivity contribution in [3.8, 4) is 33.4 Å². The van der Waals surface area contributed by atoms with Crippen molar-refractivity contribution in [1.29, 1.82) is 0 Å². The van der Waals surface area contributed by atoms with Crippen LogP contribution in [0.25, 0.3) is 33.4 Å². The standard InChI is InChI=1S/C55H51NS2/c1-57(2,3)47-34-27-43(28-35-47)55(44-29-36-48(37-30-44)58(4,5)6)52-23-15-13-22-50(52)51-38-33-46(39-53(51)55)56(45-31-25-41(26-32-45)40-17-9-7-10-18-40)54-24-16-14-21-49(54)42-19-11-8-12-20-42/h7-39H,1-6H3. The van der Waals surface area contributed by atoms with Crippen LogP contribution >= 0.6 is 20.1 Å². The zero-order chi connectivity index (χ0) is 40.1. The minimum absolute atomic E-state index is 0.527. The summed E-state index contributed by atoms with van der Waals surface area (Å²) in [5, 5.41) is 0. The molecule has 0 amide bonds. The Labute approximate surface area is 348 Å². The normalized spacial score (nSPS) is 13.7. The van der Waals surface area contributed by atoms with E-state index in [2.05, 4.69) is 243 Å². The molecule has 8 aromatic rings. The summed E-state index contributed by atoms with van der Waals surface area (Å²) in [6.07, 6.45) is 14.3. The van der Waals surface area contributed by atoms with E-state index >= 15 is 0 Å². The number of fused-ring (bicyclic) bond motifs is 3. The second-order valence-electron chi connectivity index (χ2n) is 16.9. The summed E-state index contributed by atoms with van der Waals surface area (Å²) in [4.78, 5) is 5.30. The van der Waals surface area contributed by atoms with E-state index in [9.17, 15) is 0 Å². The molecular weight excluding hydrogens is 739 g/mol. The van der Waals surface area contributed by atoms with Crippen molar-refractivity contribution in [1.82, 2.24) is 0 Å². The van der Waals surface area contributed by atoms with E-state index < -0.39 is 25.5 Å². The van der Waals surface area contributed by atoms with Gasteiger partial charge in [0, 0.05) is 16.9 Å². The zero-order valence-corrected chi connectivity index (χ0v) is 35.9. The second kappa shape index (κ2) is 14.9. The van der Waals surface area contributed by atoms with Crippen LogP contribution < -0.4 is 4.90 Å². The number of benzene rings is 8. The smallest absolute Gasteiger partial charge is 0.0714 e. The molecule has 0 spiro atoms. The number of rotatable bonds is 9. The molecule has 0 fully saturated rings. The van der Waals surface area contributed by atoms with Crippen molar-refractivity contribution >= 4 is 37.1 Å². The van der Waals surface area contributed by atoms with Gasteiger partial charge in [-0.2, -0.15) is 0 Å². The number of anilines is 3. The van der Waals surface area contributed by atoms with Gasteiger partial charge in [-0.25, -0.2) is 20.1 Å². The molecule has 0 atom stereocenters. The van der Waals surface area contributed by atoms with Gasteiger partial charge in [-0.3, -0.25) is 0 Å². The third-order valence-corrected chi connectivity index (χ3v) is 15.1. The number of para-hydroxylation sites is 1. The van der Waals surface area contributed by atoms with Gasteiger partial charge in [0.05, 0.1) is 11.1 Å². The Morgan fingerprint density at radius 3 is 1.36 bits per heavy atom. The molecule has 0 saturated heterocycles. The van der Waals surface area contributed by atoms with Crippen molar-refractivity contribution in [2.45, 2.75) is 15.2 Å². The molecule has 0 unspecified atom stereocenters. The van der Waals surface area contributed by atoms with Crippen LogP contribution in [0.3, 0.4) is 0 Å². The lowest BCUT2D eigenvalue weighted by Gasteiger charge is -2.36. The van der Waals surface area contributed by atoms with Crippen molar-refractivity contribution in [2.24, 2.45) is 0 Å². The molecule has 0 heterocycles. The van der Waals surface area contributed by atoms with E-state index in [1.807, 2.05) is 0 Å². The summed E-state index contributed by atoms with van der Waals surface area (Å²) in [5.41, 5.74) is 15.4. The van der Waals surface area contributed by atoms with Gasteiger partial charge in [0.1, 0.15) is 0 Å². The summed E-state index contributed by atoms with van der Waals surface area (Å²) >= 11 is 0. The molecule has 0 aliphatic heterocycles. The maximum atomic E-state index is 2.49. The van der Waals surface area contributed by atoms with Gasteiger partial charge in [-0.1, -0.05) is 146 Å². The highest BCUT2D eigenvalue weighted by Gasteiger charge is 2.46. The van der Waals surface area contributed by atoms with E-state index in [4.69, 9.17) is 0 Å². The average Bonchev–Trinajstić information content (AvgIpc) is 3.55. The van der Waals surface area contributed by atoms with Crippen LogP contribution in [0, 0.1) is 0 Å². The number of hydrogen-bond donors (Lipinski definition) is 0. The van der Waals surface area contributed by atoms with E-state index in [1.165, 1.54) is 65.4 Å². The first kappa shape index (κ1) is 37.8. The zero-order valence-electron chi connectivity index (χ0n) is 34.3. The molecule has 0 bridgehead atoms. The highest BCUT2D eigenvalue weighted by molar-refractivity contribution is 8.32. The first-order valence-electron chi connectivity index (χ1n) is 20.0. The lowest BCUT2D eigenvalue weighted by molar-refractivity contribution is 0.766. The van der Waals surface area contributed by atoms with E-state index in [0.29, 0.717) is 0 Å². The highest BCUT2D eigenvalue weighted by atomic mass is 32.3. The lowest BCUT2D eigenvalue weighted by atomic mass is 9.67. The monoisotopic (exact) mass is 789 g/mol. The molecule has 1 nitrogen and oxygen atoms in total. The Morgan fingerprint density at radius 1 is 0.345 bits per heavy atom. The Hall–Kier alpha value is -5.74. The van der Waals surface area contributed by atoms with E-state index in [-0.39, 0.29) is 0 Å². The molecule has 1 aliphatic carbocycles. The SMILES string of the molecule is CS(C)(C)c1ccc(C2(c3ccc(S(C)(C)C)cc3)c3ccccc3-c3ccc(N(c4ccc(-c5ccccc5)cc4)c4ccccc4-c4ccccc4)cc32)cc1. The van der Waals surface area contributed by atoms with E-state index in [1.54, 1.807) is 0 Å². The third kappa shape index (κ3) is 6.67. The molecule has 288 valence electrons. The molecule has 58 heavy (non-hydrogen) atoms. The van der Waals surface area contributed by atoms with Crippen LogP contribution in [0.4, 0.5) is 17.1 Å². The first-order chi connectivity index (χ1) is 28.0. The van der Waals surface area contributed by atoms with Crippen molar-refractivity contribution in [3.05, 3.63) is 222 Å². The predicted octanol–water partition coefficient (Wildman–Crippen LogP) is 15.0. The predicted molar refractivity (Wildman–Crippen MR) is 257 cm³/mol. The second-order valence-corrected chi connectivity index (χ2v) is 25.2. The summed E-state index contributed by atoms with van der Waals surface area (Å²) in [7, 11) is -1.80. The largest absolute Gasteiger partial charge is 0.310 e. The summed E-state index contributed by atoms with van der Waals surface area (Å²) in [5.74, 6) is 0. The average molecular weight is 790 g/mol. The molecule has 0 radical (unpaired) electrons. The van der Waals surface area contributed by atoms with Crippen LogP contribution in [0.5, 0.6) is 0 Å². The molecule has 1 aliphatic rings. The molecule has 8 aromatic carbocycles. The van der Waals surface area contributed by atoms with Gasteiger partial charge in [0.25, 0.3) is 0 Å².